The molecule has 0 atom stereocenters. The van der Waals surface area contributed by atoms with Crippen LogP contribution in [0.5, 0.6) is 0 Å². The molecule has 3 nitrogen and oxygen atoms in total. The van der Waals surface area contributed by atoms with E-state index in [2.05, 4.69) is 10.3 Å². The number of benzene rings is 2. The van der Waals surface area contributed by atoms with Crippen LogP contribution < -0.4 is 5.32 Å². The maximum atomic E-state index is 12.3. The van der Waals surface area contributed by atoms with Crippen LogP contribution in [0, 0.1) is 6.92 Å². The maximum Gasteiger partial charge on any atom is 0.256 e. The lowest BCUT2D eigenvalue weighted by atomic mass is 10.1. The number of carbonyl (C=O) groups is 1. The minimum absolute atomic E-state index is 0.185. The van der Waals surface area contributed by atoms with E-state index in [1.54, 1.807) is 25.1 Å². The minimum atomic E-state index is -0.185. The molecule has 1 amide bonds. The van der Waals surface area contributed by atoms with Gasteiger partial charge in [0, 0.05) is 5.56 Å². The maximum absolute atomic E-state index is 12.3. The van der Waals surface area contributed by atoms with E-state index >= 15 is 0 Å². The first-order valence-corrected chi connectivity index (χ1v) is 6.94. The van der Waals surface area contributed by atoms with Gasteiger partial charge in [-0.15, -0.1) is 0 Å². The number of aryl methyl sites for hydroxylation is 1. The molecule has 3 rings (SSSR count). The average molecular weight is 297 g/mol. The monoisotopic (exact) mass is 296 g/mol. The van der Waals surface area contributed by atoms with Gasteiger partial charge in [0.2, 0.25) is 0 Å². The Morgan fingerprint density at radius 3 is 2.57 bits per heavy atom. The number of hydrogen-bond donors (Lipinski definition) is 1. The van der Waals surface area contributed by atoms with Crippen molar-refractivity contribution in [1.82, 2.24) is 4.98 Å². The summed E-state index contributed by atoms with van der Waals surface area (Å²) in [6, 6.07) is 16.9. The molecule has 0 unspecified atom stereocenters. The molecule has 1 N–H and O–H groups in total. The second-order valence-corrected chi connectivity index (χ2v) is 5.19. The summed E-state index contributed by atoms with van der Waals surface area (Å²) in [5, 5.41) is 5.50. The van der Waals surface area contributed by atoms with Crippen LogP contribution >= 0.6 is 11.6 Å². The molecule has 0 fully saturated rings. The minimum Gasteiger partial charge on any atom is -0.307 e. The first-order valence-electron chi connectivity index (χ1n) is 6.57. The second kappa shape index (κ2) is 5.54. The normalized spacial score (nSPS) is 10.6. The van der Waals surface area contributed by atoms with E-state index in [4.69, 9.17) is 11.6 Å². The predicted molar refractivity (Wildman–Crippen MR) is 85.9 cm³/mol. The molecule has 2 aromatic carbocycles. The zero-order valence-corrected chi connectivity index (χ0v) is 12.2. The third-order valence-electron chi connectivity index (χ3n) is 3.27. The highest BCUT2D eigenvalue weighted by Gasteiger charge is 2.08. The highest BCUT2D eigenvalue weighted by atomic mass is 35.5. The van der Waals surface area contributed by atoms with Crippen molar-refractivity contribution < 1.29 is 4.79 Å². The zero-order valence-electron chi connectivity index (χ0n) is 11.4. The molecule has 0 saturated carbocycles. The third-order valence-corrected chi connectivity index (χ3v) is 3.67. The van der Waals surface area contributed by atoms with E-state index in [9.17, 15) is 4.79 Å². The van der Waals surface area contributed by atoms with Crippen LogP contribution in [-0.2, 0) is 0 Å². The van der Waals surface area contributed by atoms with Gasteiger partial charge in [0.05, 0.1) is 10.7 Å². The van der Waals surface area contributed by atoms with Crippen LogP contribution in [0.3, 0.4) is 0 Å². The number of fused-ring (bicyclic) bond motifs is 1. The number of hydrogen-bond acceptors (Lipinski definition) is 2. The van der Waals surface area contributed by atoms with Crippen LogP contribution in [0.15, 0.2) is 54.6 Å². The van der Waals surface area contributed by atoms with Gasteiger partial charge in [-0.05, 0) is 42.0 Å². The zero-order chi connectivity index (χ0) is 14.8. The van der Waals surface area contributed by atoms with Gasteiger partial charge in [-0.3, -0.25) is 4.79 Å². The summed E-state index contributed by atoms with van der Waals surface area (Å²) < 4.78 is 0. The van der Waals surface area contributed by atoms with E-state index in [-0.39, 0.29) is 5.91 Å². The van der Waals surface area contributed by atoms with Gasteiger partial charge < -0.3 is 5.32 Å². The van der Waals surface area contributed by atoms with Crippen LogP contribution in [0.1, 0.15) is 16.1 Å². The van der Waals surface area contributed by atoms with Gasteiger partial charge in [0.1, 0.15) is 5.82 Å². The lowest BCUT2D eigenvalue weighted by molar-refractivity contribution is 0.102. The Morgan fingerprint density at radius 1 is 1.05 bits per heavy atom. The SMILES string of the molecule is Cc1nc(NC(=O)c2ccc3ccccc3c2)ccc1Cl. The summed E-state index contributed by atoms with van der Waals surface area (Å²) in [4.78, 5) is 16.5. The molecule has 1 aromatic heterocycles. The summed E-state index contributed by atoms with van der Waals surface area (Å²) in [6.45, 7) is 1.80. The smallest absolute Gasteiger partial charge is 0.256 e. The number of halogens is 1. The molecule has 0 radical (unpaired) electrons. The van der Waals surface area contributed by atoms with Crippen molar-refractivity contribution in [3.63, 3.8) is 0 Å². The Balaban J connectivity index is 1.87. The molecule has 0 saturated heterocycles. The summed E-state index contributed by atoms with van der Waals surface area (Å²) in [6.07, 6.45) is 0. The van der Waals surface area contributed by atoms with Gasteiger partial charge in [-0.25, -0.2) is 4.98 Å². The topological polar surface area (TPSA) is 42.0 Å². The van der Waals surface area contributed by atoms with E-state index in [1.807, 2.05) is 36.4 Å². The number of aromatic nitrogens is 1. The van der Waals surface area contributed by atoms with Crippen LogP contribution in [0.4, 0.5) is 5.82 Å². The number of anilines is 1. The molecule has 0 bridgehead atoms. The van der Waals surface area contributed by atoms with Gasteiger partial charge in [-0.1, -0.05) is 41.9 Å². The molecule has 4 heteroatoms. The van der Waals surface area contributed by atoms with Gasteiger partial charge in [0.15, 0.2) is 0 Å². The second-order valence-electron chi connectivity index (χ2n) is 4.78. The quantitative estimate of drug-likeness (QED) is 0.759. The summed E-state index contributed by atoms with van der Waals surface area (Å²) in [5.41, 5.74) is 1.29. The fraction of sp³-hybridized carbons (Fsp3) is 0.0588. The summed E-state index contributed by atoms with van der Waals surface area (Å²) in [7, 11) is 0. The Hall–Kier alpha value is -2.39. The molecule has 0 aliphatic rings. The number of amides is 1. The van der Waals surface area contributed by atoms with Crippen LogP contribution in [0.2, 0.25) is 5.02 Å². The van der Waals surface area contributed by atoms with Gasteiger partial charge in [0.25, 0.3) is 5.91 Å². The fourth-order valence-corrected chi connectivity index (χ4v) is 2.24. The van der Waals surface area contributed by atoms with E-state index < -0.39 is 0 Å². The first-order chi connectivity index (χ1) is 10.1. The van der Waals surface area contributed by atoms with Crippen molar-refractivity contribution in [3.05, 3.63) is 70.9 Å². The molecule has 0 spiro atoms. The van der Waals surface area contributed by atoms with Crippen LogP contribution in [-0.4, -0.2) is 10.9 Å². The lowest BCUT2D eigenvalue weighted by Crippen LogP contribution is -2.13. The third kappa shape index (κ3) is 2.88. The molecule has 3 aromatic rings. The number of carbonyl (C=O) groups excluding carboxylic acids is 1. The van der Waals surface area contributed by atoms with E-state index in [1.165, 1.54) is 0 Å². The van der Waals surface area contributed by atoms with Crippen molar-refractivity contribution in [2.24, 2.45) is 0 Å². The number of nitrogens with zero attached hydrogens (tertiary/aromatic N) is 1. The van der Waals surface area contributed by atoms with Crippen molar-refractivity contribution in [2.45, 2.75) is 6.92 Å². The van der Waals surface area contributed by atoms with Crippen molar-refractivity contribution >= 4 is 34.1 Å². The molecule has 0 aliphatic heterocycles. The summed E-state index contributed by atoms with van der Waals surface area (Å²) in [5.74, 6) is 0.310. The number of nitrogens with one attached hydrogen (secondary N) is 1. The number of rotatable bonds is 2. The van der Waals surface area contributed by atoms with Crippen molar-refractivity contribution in [3.8, 4) is 0 Å². The lowest BCUT2D eigenvalue weighted by Gasteiger charge is -2.07. The van der Waals surface area contributed by atoms with E-state index in [0.29, 0.717) is 22.1 Å². The fourth-order valence-electron chi connectivity index (χ4n) is 2.13. The van der Waals surface area contributed by atoms with E-state index in [0.717, 1.165) is 10.8 Å². The van der Waals surface area contributed by atoms with Crippen molar-refractivity contribution in [2.75, 3.05) is 5.32 Å². The molecule has 0 aliphatic carbocycles. The Labute approximate surface area is 127 Å². The van der Waals surface area contributed by atoms with Crippen LogP contribution in [0.25, 0.3) is 10.8 Å². The Morgan fingerprint density at radius 2 is 1.81 bits per heavy atom. The molecular weight excluding hydrogens is 284 g/mol. The Kier molecular flexibility index (Phi) is 3.59. The average Bonchev–Trinajstić information content (AvgIpc) is 2.50. The standard InChI is InChI=1S/C17H13ClN2O/c1-11-15(18)8-9-16(19-11)20-17(21)14-7-6-12-4-2-3-5-13(12)10-14/h2-10H,1H3,(H,19,20,21). The molecule has 1 heterocycles. The van der Waals surface area contributed by atoms with Crippen molar-refractivity contribution in [1.29, 1.82) is 0 Å². The molecule has 21 heavy (non-hydrogen) atoms. The first kappa shape index (κ1) is 13.6. The van der Waals surface area contributed by atoms with Gasteiger partial charge >= 0.3 is 0 Å². The Bertz CT molecular complexity index is 830. The number of pyridine rings is 1. The largest absolute Gasteiger partial charge is 0.307 e. The highest BCUT2D eigenvalue weighted by Crippen LogP contribution is 2.18. The molecular formula is C17H13ClN2O. The highest BCUT2D eigenvalue weighted by molar-refractivity contribution is 6.31. The summed E-state index contributed by atoms with van der Waals surface area (Å²) >= 11 is 5.92. The predicted octanol–water partition coefficient (Wildman–Crippen LogP) is 4.45. The van der Waals surface area contributed by atoms with Gasteiger partial charge in [-0.2, -0.15) is 0 Å². The molecule has 104 valence electrons.